The van der Waals surface area contributed by atoms with Gasteiger partial charge in [0.15, 0.2) is 0 Å². The van der Waals surface area contributed by atoms with Crippen molar-refractivity contribution in [3.05, 3.63) is 45.9 Å². The molecule has 1 amide bonds. The fourth-order valence-corrected chi connectivity index (χ4v) is 2.53. The molecular formula is C17H17Cl2NO4. The summed E-state index contributed by atoms with van der Waals surface area (Å²) in [5.74, 6) is 1.03. The molecule has 0 atom stereocenters. The molecule has 7 heteroatoms. The number of anilines is 1. The second-order valence-corrected chi connectivity index (χ2v) is 5.53. The normalized spacial score (nSPS) is 10.2. The summed E-state index contributed by atoms with van der Waals surface area (Å²) in [6.07, 6.45) is 0. The van der Waals surface area contributed by atoms with E-state index in [0.29, 0.717) is 45.2 Å². The monoisotopic (exact) mass is 369 g/mol. The highest BCUT2D eigenvalue weighted by Gasteiger charge is 2.15. The van der Waals surface area contributed by atoms with Gasteiger partial charge in [0.05, 0.1) is 36.6 Å². The van der Waals surface area contributed by atoms with Crippen LogP contribution in [0.15, 0.2) is 30.3 Å². The van der Waals surface area contributed by atoms with Crippen LogP contribution in [0.3, 0.4) is 0 Å². The molecule has 24 heavy (non-hydrogen) atoms. The number of nitrogens with one attached hydrogen (secondary N) is 1. The standard InChI is InChI=1S/C17H17Cl2NO4/c1-4-24-14-6-5-10(7-11(14)18)17(21)20-13-9-15(22-2)12(19)8-16(13)23-3/h5-9H,4H2,1-3H3,(H,20,21). The first-order valence-corrected chi connectivity index (χ1v) is 7.91. The van der Waals surface area contributed by atoms with Crippen LogP contribution in [-0.4, -0.2) is 26.7 Å². The Morgan fingerprint density at radius 3 is 2.25 bits per heavy atom. The van der Waals surface area contributed by atoms with Gasteiger partial charge in [0, 0.05) is 17.7 Å². The molecule has 2 aromatic rings. The third kappa shape index (κ3) is 4.04. The van der Waals surface area contributed by atoms with E-state index in [0.717, 1.165) is 0 Å². The molecule has 0 bridgehead atoms. The maximum atomic E-state index is 12.4. The number of benzene rings is 2. The Labute approximate surface area is 150 Å². The van der Waals surface area contributed by atoms with Crippen molar-refractivity contribution in [1.82, 2.24) is 0 Å². The van der Waals surface area contributed by atoms with Gasteiger partial charge in [0.1, 0.15) is 17.2 Å². The Kier molecular flexibility index (Phi) is 6.17. The van der Waals surface area contributed by atoms with E-state index in [1.165, 1.54) is 14.2 Å². The van der Waals surface area contributed by atoms with Gasteiger partial charge < -0.3 is 19.5 Å². The second-order valence-electron chi connectivity index (χ2n) is 4.72. The Morgan fingerprint density at radius 2 is 1.67 bits per heavy atom. The Bertz CT molecular complexity index is 750. The summed E-state index contributed by atoms with van der Waals surface area (Å²) in [5.41, 5.74) is 0.827. The number of hydrogen-bond acceptors (Lipinski definition) is 4. The van der Waals surface area contributed by atoms with E-state index in [1.54, 1.807) is 30.3 Å². The summed E-state index contributed by atoms with van der Waals surface area (Å²) in [5, 5.41) is 3.51. The summed E-state index contributed by atoms with van der Waals surface area (Å²) >= 11 is 12.2. The van der Waals surface area contributed by atoms with E-state index < -0.39 is 0 Å². The fourth-order valence-electron chi connectivity index (χ4n) is 2.07. The quantitative estimate of drug-likeness (QED) is 0.804. The first kappa shape index (κ1) is 18.2. The molecule has 0 fully saturated rings. The molecule has 128 valence electrons. The minimum absolute atomic E-state index is 0.345. The smallest absolute Gasteiger partial charge is 0.255 e. The highest BCUT2D eigenvalue weighted by Crippen LogP contribution is 2.36. The number of hydrogen-bond donors (Lipinski definition) is 1. The highest BCUT2D eigenvalue weighted by atomic mass is 35.5. The van der Waals surface area contributed by atoms with Crippen molar-refractivity contribution in [2.24, 2.45) is 0 Å². The van der Waals surface area contributed by atoms with Gasteiger partial charge in [-0.2, -0.15) is 0 Å². The van der Waals surface area contributed by atoms with Gasteiger partial charge in [-0.25, -0.2) is 0 Å². The Hall–Kier alpha value is -2.11. The molecule has 0 saturated carbocycles. The zero-order valence-electron chi connectivity index (χ0n) is 13.5. The van der Waals surface area contributed by atoms with Crippen LogP contribution in [0.5, 0.6) is 17.2 Å². The summed E-state index contributed by atoms with van der Waals surface area (Å²) < 4.78 is 15.7. The first-order chi connectivity index (χ1) is 11.5. The molecule has 0 aliphatic carbocycles. The minimum Gasteiger partial charge on any atom is -0.495 e. The summed E-state index contributed by atoms with van der Waals surface area (Å²) in [6.45, 7) is 2.35. The van der Waals surface area contributed by atoms with E-state index in [4.69, 9.17) is 37.4 Å². The van der Waals surface area contributed by atoms with Crippen LogP contribution < -0.4 is 19.5 Å². The number of halogens is 2. The van der Waals surface area contributed by atoms with Crippen LogP contribution in [0.25, 0.3) is 0 Å². The predicted octanol–water partition coefficient (Wildman–Crippen LogP) is 4.66. The van der Waals surface area contributed by atoms with Gasteiger partial charge in [-0.3, -0.25) is 4.79 Å². The molecule has 2 aromatic carbocycles. The van der Waals surface area contributed by atoms with Gasteiger partial charge in [0.25, 0.3) is 5.91 Å². The van der Waals surface area contributed by atoms with Gasteiger partial charge in [-0.05, 0) is 25.1 Å². The maximum absolute atomic E-state index is 12.4. The lowest BCUT2D eigenvalue weighted by Gasteiger charge is -2.13. The topological polar surface area (TPSA) is 56.8 Å². The molecule has 0 saturated heterocycles. The predicted molar refractivity (Wildman–Crippen MR) is 95.1 cm³/mol. The molecule has 0 radical (unpaired) electrons. The van der Waals surface area contributed by atoms with Gasteiger partial charge >= 0.3 is 0 Å². The lowest BCUT2D eigenvalue weighted by Crippen LogP contribution is -2.13. The SMILES string of the molecule is CCOc1ccc(C(=O)Nc2cc(OC)c(Cl)cc2OC)cc1Cl. The Morgan fingerprint density at radius 1 is 1.00 bits per heavy atom. The van der Waals surface area contributed by atoms with E-state index in [2.05, 4.69) is 5.32 Å². The zero-order chi connectivity index (χ0) is 17.7. The van der Waals surface area contributed by atoms with Crippen molar-refractivity contribution in [2.75, 3.05) is 26.1 Å². The average molecular weight is 370 g/mol. The molecule has 2 rings (SSSR count). The number of carbonyl (C=O) groups is 1. The molecular weight excluding hydrogens is 353 g/mol. The molecule has 0 aliphatic rings. The average Bonchev–Trinajstić information content (AvgIpc) is 2.57. The molecule has 0 heterocycles. The van der Waals surface area contributed by atoms with Crippen molar-refractivity contribution in [3.63, 3.8) is 0 Å². The molecule has 5 nitrogen and oxygen atoms in total. The number of methoxy groups -OCH3 is 2. The van der Waals surface area contributed by atoms with Crippen molar-refractivity contribution in [2.45, 2.75) is 6.92 Å². The van der Waals surface area contributed by atoms with Crippen LogP contribution in [-0.2, 0) is 0 Å². The number of amides is 1. The van der Waals surface area contributed by atoms with E-state index >= 15 is 0 Å². The van der Waals surface area contributed by atoms with Crippen molar-refractivity contribution in [1.29, 1.82) is 0 Å². The summed E-state index contributed by atoms with van der Waals surface area (Å²) in [4.78, 5) is 12.4. The highest BCUT2D eigenvalue weighted by molar-refractivity contribution is 6.33. The third-order valence-electron chi connectivity index (χ3n) is 3.22. The zero-order valence-corrected chi connectivity index (χ0v) is 15.0. The number of ether oxygens (including phenoxy) is 3. The summed E-state index contributed by atoms with van der Waals surface area (Å²) in [7, 11) is 2.98. The van der Waals surface area contributed by atoms with Crippen molar-refractivity contribution in [3.8, 4) is 17.2 Å². The van der Waals surface area contributed by atoms with Crippen molar-refractivity contribution >= 4 is 34.8 Å². The minimum atomic E-state index is -0.345. The number of carbonyl (C=O) groups excluding carboxylic acids is 1. The van der Waals surface area contributed by atoms with Crippen LogP contribution in [0.1, 0.15) is 17.3 Å². The molecule has 0 aromatic heterocycles. The second kappa shape index (κ2) is 8.13. The fraction of sp³-hybridized carbons (Fsp3) is 0.235. The summed E-state index contributed by atoms with van der Waals surface area (Å²) in [6, 6.07) is 7.99. The van der Waals surface area contributed by atoms with Crippen LogP contribution >= 0.6 is 23.2 Å². The maximum Gasteiger partial charge on any atom is 0.255 e. The van der Waals surface area contributed by atoms with Gasteiger partial charge in [-0.15, -0.1) is 0 Å². The van der Waals surface area contributed by atoms with Gasteiger partial charge in [0.2, 0.25) is 0 Å². The molecule has 0 unspecified atom stereocenters. The lowest BCUT2D eigenvalue weighted by molar-refractivity contribution is 0.102. The molecule has 1 N–H and O–H groups in total. The Balaban J connectivity index is 2.28. The van der Waals surface area contributed by atoms with Crippen molar-refractivity contribution < 1.29 is 19.0 Å². The number of rotatable bonds is 6. The third-order valence-corrected chi connectivity index (χ3v) is 3.81. The molecule has 0 spiro atoms. The molecule has 0 aliphatic heterocycles. The van der Waals surface area contributed by atoms with Gasteiger partial charge in [-0.1, -0.05) is 23.2 Å². The van der Waals surface area contributed by atoms with E-state index in [1.807, 2.05) is 6.92 Å². The van der Waals surface area contributed by atoms with Crippen LogP contribution in [0, 0.1) is 0 Å². The van der Waals surface area contributed by atoms with Crippen LogP contribution in [0.4, 0.5) is 5.69 Å². The first-order valence-electron chi connectivity index (χ1n) is 7.15. The van der Waals surface area contributed by atoms with E-state index in [-0.39, 0.29) is 5.91 Å². The van der Waals surface area contributed by atoms with Crippen LogP contribution in [0.2, 0.25) is 10.0 Å². The largest absolute Gasteiger partial charge is 0.495 e. The lowest BCUT2D eigenvalue weighted by atomic mass is 10.2. The van der Waals surface area contributed by atoms with E-state index in [9.17, 15) is 4.79 Å².